The molecular weight excluding hydrogens is 292 g/mol. The molecule has 2 saturated heterocycles. The zero-order valence-electron chi connectivity index (χ0n) is 14.2. The molecule has 2 amide bonds. The number of carbonyl (C=O) groups excluding carboxylic acids is 2. The molecule has 0 spiro atoms. The normalized spacial score (nSPS) is 29.9. The molecule has 3 rings (SSSR count). The molecular formula is C17H30N4O2. The highest BCUT2D eigenvalue weighted by Crippen LogP contribution is 2.23. The maximum Gasteiger partial charge on any atom is 0.234 e. The van der Waals surface area contributed by atoms with E-state index in [1.54, 1.807) is 0 Å². The van der Waals surface area contributed by atoms with Crippen LogP contribution in [0, 0.1) is 11.8 Å². The van der Waals surface area contributed by atoms with Gasteiger partial charge in [-0.2, -0.15) is 0 Å². The molecule has 6 nitrogen and oxygen atoms in total. The van der Waals surface area contributed by atoms with E-state index in [-0.39, 0.29) is 17.7 Å². The number of rotatable bonds is 4. The van der Waals surface area contributed by atoms with Crippen LogP contribution in [0.2, 0.25) is 0 Å². The summed E-state index contributed by atoms with van der Waals surface area (Å²) < 4.78 is 0. The summed E-state index contributed by atoms with van der Waals surface area (Å²) in [7, 11) is 0. The third-order valence-corrected chi connectivity index (χ3v) is 5.48. The molecule has 1 saturated carbocycles. The topological polar surface area (TPSA) is 64.7 Å². The van der Waals surface area contributed by atoms with E-state index in [2.05, 4.69) is 22.5 Å². The highest BCUT2D eigenvalue weighted by Gasteiger charge is 2.31. The molecule has 2 heterocycles. The van der Waals surface area contributed by atoms with Crippen molar-refractivity contribution in [3.05, 3.63) is 0 Å². The van der Waals surface area contributed by atoms with Crippen LogP contribution >= 0.6 is 0 Å². The van der Waals surface area contributed by atoms with Gasteiger partial charge in [0.2, 0.25) is 11.8 Å². The third kappa shape index (κ3) is 4.44. The van der Waals surface area contributed by atoms with Crippen LogP contribution in [0.25, 0.3) is 0 Å². The van der Waals surface area contributed by atoms with E-state index in [4.69, 9.17) is 0 Å². The summed E-state index contributed by atoms with van der Waals surface area (Å²) in [5, 5.41) is 6.34. The number of hydrogen-bond donors (Lipinski definition) is 2. The highest BCUT2D eigenvalue weighted by molar-refractivity contribution is 5.80. The highest BCUT2D eigenvalue weighted by atomic mass is 16.2. The molecule has 2 aliphatic heterocycles. The van der Waals surface area contributed by atoms with Gasteiger partial charge in [-0.25, -0.2) is 0 Å². The van der Waals surface area contributed by atoms with Crippen molar-refractivity contribution in [2.24, 2.45) is 11.8 Å². The zero-order valence-corrected chi connectivity index (χ0v) is 14.2. The summed E-state index contributed by atoms with van der Waals surface area (Å²) in [5.74, 6) is 1.33. The minimum atomic E-state index is 0.145. The first-order valence-corrected chi connectivity index (χ1v) is 9.13. The summed E-state index contributed by atoms with van der Waals surface area (Å²) in [6, 6.07) is 0.361. The van der Waals surface area contributed by atoms with Gasteiger partial charge in [-0.3, -0.25) is 14.5 Å². The Bertz CT molecular complexity index is 430. The molecule has 0 aromatic carbocycles. The Morgan fingerprint density at radius 2 is 1.87 bits per heavy atom. The molecule has 0 aromatic heterocycles. The second-order valence-electron chi connectivity index (χ2n) is 7.49. The van der Waals surface area contributed by atoms with E-state index in [1.807, 2.05) is 4.90 Å². The van der Waals surface area contributed by atoms with Crippen molar-refractivity contribution in [3.8, 4) is 0 Å². The fourth-order valence-corrected chi connectivity index (χ4v) is 3.89. The predicted octanol–water partition coefficient (Wildman–Crippen LogP) is 0.0449. The Morgan fingerprint density at radius 1 is 1.13 bits per heavy atom. The number of piperazine rings is 1. The first-order valence-electron chi connectivity index (χ1n) is 9.13. The average Bonchev–Trinajstić information content (AvgIpc) is 2.46. The van der Waals surface area contributed by atoms with Gasteiger partial charge in [0.1, 0.15) is 0 Å². The molecule has 0 radical (unpaired) electrons. The van der Waals surface area contributed by atoms with Gasteiger partial charge in [0.25, 0.3) is 0 Å². The van der Waals surface area contributed by atoms with Crippen molar-refractivity contribution < 1.29 is 9.59 Å². The van der Waals surface area contributed by atoms with Crippen molar-refractivity contribution in [2.75, 3.05) is 45.8 Å². The Hall–Kier alpha value is -1.14. The monoisotopic (exact) mass is 322 g/mol. The quantitative estimate of drug-likeness (QED) is 0.767. The summed E-state index contributed by atoms with van der Waals surface area (Å²) in [6.07, 6.45) is 4.75. The summed E-state index contributed by atoms with van der Waals surface area (Å²) in [6.45, 7) is 7.50. The summed E-state index contributed by atoms with van der Waals surface area (Å²) in [5.41, 5.74) is 0. The maximum atomic E-state index is 12.2. The Morgan fingerprint density at radius 3 is 2.48 bits per heavy atom. The lowest BCUT2D eigenvalue weighted by molar-refractivity contribution is -0.139. The Balaban J connectivity index is 1.36. The molecule has 2 atom stereocenters. The van der Waals surface area contributed by atoms with Gasteiger partial charge in [-0.1, -0.05) is 19.8 Å². The molecule has 23 heavy (non-hydrogen) atoms. The molecule has 0 bridgehead atoms. The lowest BCUT2D eigenvalue weighted by Crippen LogP contribution is -2.57. The van der Waals surface area contributed by atoms with Crippen LogP contribution in [-0.2, 0) is 9.59 Å². The van der Waals surface area contributed by atoms with Crippen molar-refractivity contribution in [2.45, 2.75) is 38.6 Å². The summed E-state index contributed by atoms with van der Waals surface area (Å²) in [4.78, 5) is 28.5. The summed E-state index contributed by atoms with van der Waals surface area (Å²) >= 11 is 0. The smallest absolute Gasteiger partial charge is 0.234 e. The SMILES string of the molecule is CC1CCCC(NC(=O)CN2CCN(C(=O)C3CNC3)CC2)C1. The molecule has 2 unspecified atom stereocenters. The van der Waals surface area contributed by atoms with E-state index in [1.165, 1.54) is 12.8 Å². The van der Waals surface area contributed by atoms with E-state index in [0.29, 0.717) is 12.6 Å². The van der Waals surface area contributed by atoms with Crippen molar-refractivity contribution in [3.63, 3.8) is 0 Å². The third-order valence-electron chi connectivity index (χ3n) is 5.48. The lowest BCUT2D eigenvalue weighted by Gasteiger charge is -2.38. The van der Waals surface area contributed by atoms with Crippen molar-refractivity contribution in [1.29, 1.82) is 0 Å². The molecule has 2 N–H and O–H groups in total. The minimum absolute atomic E-state index is 0.145. The molecule has 3 fully saturated rings. The Labute approximate surface area is 139 Å². The van der Waals surface area contributed by atoms with Gasteiger partial charge < -0.3 is 15.5 Å². The maximum absolute atomic E-state index is 12.2. The van der Waals surface area contributed by atoms with Gasteiger partial charge in [-0.15, -0.1) is 0 Å². The lowest BCUT2D eigenvalue weighted by atomic mass is 9.87. The molecule has 3 aliphatic rings. The fraction of sp³-hybridized carbons (Fsp3) is 0.882. The zero-order chi connectivity index (χ0) is 16.2. The van der Waals surface area contributed by atoms with Crippen molar-refractivity contribution in [1.82, 2.24) is 20.4 Å². The van der Waals surface area contributed by atoms with Crippen LogP contribution in [0.5, 0.6) is 0 Å². The molecule has 1 aliphatic carbocycles. The standard InChI is InChI=1S/C17H30N4O2/c1-13-3-2-4-15(9-13)19-16(22)12-20-5-7-21(8-6-20)17(23)14-10-18-11-14/h13-15,18H,2-12H2,1H3,(H,19,22). The largest absolute Gasteiger partial charge is 0.352 e. The van der Waals surface area contributed by atoms with Gasteiger partial charge >= 0.3 is 0 Å². The van der Waals surface area contributed by atoms with E-state index >= 15 is 0 Å². The number of nitrogens with zero attached hydrogens (tertiary/aromatic N) is 2. The van der Waals surface area contributed by atoms with Crippen LogP contribution in [0.1, 0.15) is 32.6 Å². The molecule has 0 aromatic rings. The van der Waals surface area contributed by atoms with Gasteiger partial charge in [0, 0.05) is 45.3 Å². The van der Waals surface area contributed by atoms with Crippen LogP contribution in [0.4, 0.5) is 0 Å². The minimum Gasteiger partial charge on any atom is -0.352 e. The van der Waals surface area contributed by atoms with Crippen LogP contribution in [-0.4, -0.2) is 73.5 Å². The fourth-order valence-electron chi connectivity index (χ4n) is 3.89. The van der Waals surface area contributed by atoms with Crippen LogP contribution in [0.15, 0.2) is 0 Å². The Kier molecular flexibility index (Phi) is 5.54. The van der Waals surface area contributed by atoms with E-state index in [0.717, 1.165) is 58.0 Å². The average molecular weight is 322 g/mol. The van der Waals surface area contributed by atoms with Crippen LogP contribution < -0.4 is 10.6 Å². The number of amides is 2. The number of hydrogen-bond acceptors (Lipinski definition) is 4. The molecule has 6 heteroatoms. The number of carbonyl (C=O) groups is 2. The van der Waals surface area contributed by atoms with Gasteiger partial charge in [0.15, 0.2) is 0 Å². The molecule has 130 valence electrons. The first-order chi connectivity index (χ1) is 11.1. The second-order valence-corrected chi connectivity index (χ2v) is 7.49. The van der Waals surface area contributed by atoms with Gasteiger partial charge in [0.05, 0.1) is 12.5 Å². The van der Waals surface area contributed by atoms with Crippen LogP contribution in [0.3, 0.4) is 0 Å². The second kappa shape index (κ2) is 7.62. The van der Waals surface area contributed by atoms with Gasteiger partial charge in [-0.05, 0) is 18.8 Å². The van der Waals surface area contributed by atoms with E-state index in [9.17, 15) is 9.59 Å². The van der Waals surface area contributed by atoms with Crippen molar-refractivity contribution >= 4 is 11.8 Å². The first kappa shape index (κ1) is 16.7. The number of nitrogens with one attached hydrogen (secondary N) is 2. The predicted molar refractivity (Wildman–Crippen MR) is 88.9 cm³/mol. The van der Waals surface area contributed by atoms with E-state index < -0.39 is 0 Å².